The lowest BCUT2D eigenvalue weighted by Crippen LogP contribution is -2.39. The molecule has 5 heteroatoms. The normalized spacial score (nSPS) is 12.2. The largest absolute Gasteiger partial charge is 0.319 e. The first-order valence-electron chi connectivity index (χ1n) is 3.87. The van der Waals surface area contributed by atoms with E-state index in [2.05, 4.69) is 11.9 Å². The Morgan fingerprint density at radius 2 is 2.00 bits per heavy atom. The van der Waals surface area contributed by atoms with Crippen molar-refractivity contribution in [1.82, 2.24) is 5.32 Å². The second kappa shape index (κ2) is 5.21. The third-order valence-corrected chi connectivity index (χ3v) is 1.41. The summed E-state index contributed by atoms with van der Waals surface area (Å²) in [5.41, 5.74) is 0.827. The molecule has 0 aromatic rings. The van der Waals surface area contributed by atoms with Crippen molar-refractivity contribution in [3.05, 3.63) is 12.2 Å². The molecule has 0 aliphatic carbocycles. The summed E-state index contributed by atoms with van der Waals surface area (Å²) in [6.07, 6.45) is -3.09. The fourth-order valence-corrected chi connectivity index (χ4v) is 0.634. The van der Waals surface area contributed by atoms with E-state index in [4.69, 9.17) is 0 Å². The Kier molecular flexibility index (Phi) is 4.98. The number of nitrogens with one attached hydrogen (secondary N) is 1. The van der Waals surface area contributed by atoms with E-state index in [1.165, 1.54) is 0 Å². The molecule has 0 atom stereocenters. The van der Waals surface area contributed by atoms with E-state index in [0.717, 1.165) is 5.57 Å². The molecular formula is C8H13F4N. The summed E-state index contributed by atoms with van der Waals surface area (Å²) in [6.45, 7) is 4.55. The Morgan fingerprint density at radius 1 is 1.46 bits per heavy atom. The summed E-state index contributed by atoms with van der Waals surface area (Å²) in [6, 6.07) is 0. The van der Waals surface area contributed by atoms with Gasteiger partial charge >= 0.3 is 12.3 Å². The summed E-state index contributed by atoms with van der Waals surface area (Å²) in [7, 11) is 0. The minimum absolute atomic E-state index is 0.248. The lowest BCUT2D eigenvalue weighted by atomic mass is 10.2. The van der Waals surface area contributed by atoms with Gasteiger partial charge in [-0.3, -0.25) is 0 Å². The van der Waals surface area contributed by atoms with E-state index in [9.17, 15) is 17.6 Å². The van der Waals surface area contributed by atoms with Gasteiger partial charge in [0.2, 0.25) is 0 Å². The Hall–Kier alpha value is -0.580. The highest BCUT2D eigenvalue weighted by Gasteiger charge is 2.39. The van der Waals surface area contributed by atoms with Gasteiger partial charge < -0.3 is 5.32 Å². The summed E-state index contributed by atoms with van der Waals surface area (Å²) >= 11 is 0. The van der Waals surface area contributed by atoms with Crippen LogP contribution >= 0.6 is 0 Å². The monoisotopic (exact) mass is 199 g/mol. The molecule has 0 aromatic carbocycles. The second-order valence-electron chi connectivity index (χ2n) is 2.95. The van der Waals surface area contributed by atoms with Gasteiger partial charge in [-0.05, 0) is 19.9 Å². The van der Waals surface area contributed by atoms with Crippen LogP contribution in [0.4, 0.5) is 17.6 Å². The average molecular weight is 199 g/mol. The molecule has 0 fully saturated rings. The van der Waals surface area contributed by atoms with E-state index in [1.54, 1.807) is 6.92 Å². The molecule has 1 N–H and O–H groups in total. The number of hydrogen-bond acceptors (Lipinski definition) is 1. The highest BCUT2D eigenvalue weighted by molar-refractivity contribution is 4.88. The summed E-state index contributed by atoms with van der Waals surface area (Å²) in [4.78, 5) is 0. The molecule has 1 nitrogen and oxygen atoms in total. The Labute approximate surface area is 74.8 Å². The van der Waals surface area contributed by atoms with E-state index in [-0.39, 0.29) is 6.54 Å². The van der Waals surface area contributed by atoms with E-state index < -0.39 is 18.9 Å². The van der Waals surface area contributed by atoms with Crippen LogP contribution in [0.15, 0.2) is 12.2 Å². The van der Waals surface area contributed by atoms with Gasteiger partial charge in [-0.2, -0.15) is 8.78 Å². The van der Waals surface area contributed by atoms with Crippen LogP contribution in [-0.4, -0.2) is 25.4 Å². The fraction of sp³-hybridized carbons (Fsp3) is 0.750. The molecule has 0 aliphatic rings. The predicted molar refractivity (Wildman–Crippen MR) is 43.3 cm³/mol. The highest BCUT2D eigenvalue weighted by Crippen LogP contribution is 2.21. The molecule has 0 radical (unpaired) electrons. The summed E-state index contributed by atoms with van der Waals surface area (Å²) < 4.78 is 47.7. The van der Waals surface area contributed by atoms with Crippen molar-refractivity contribution in [3.8, 4) is 0 Å². The van der Waals surface area contributed by atoms with Crippen molar-refractivity contribution in [2.24, 2.45) is 0 Å². The molecule has 0 bridgehead atoms. The molecule has 0 rings (SSSR count). The fourth-order valence-electron chi connectivity index (χ4n) is 0.634. The molecule has 0 aromatic heterocycles. The van der Waals surface area contributed by atoms with Crippen LogP contribution in [0.5, 0.6) is 0 Å². The number of alkyl halides is 4. The molecule has 0 unspecified atom stereocenters. The van der Waals surface area contributed by atoms with E-state index >= 15 is 0 Å². The molecule has 0 saturated heterocycles. The second-order valence-corrected chi connectivity index (χ2v) is 2.95. The zero-order chi connectivity index (χ0) is 10.5. The topological polar surface area (TPSA) is 12.0 Å². The predicted octanol–water partition coefficient (Wildman–Crippen LogP) is 2.44. The van der Waals surface area contributed by atoms with Crippen LogP contribution in [0.2, 0.25) is 0 Å². The number of halogens is 4. The van der Waals surface area contributed by atoms with Crippen molar-refractivity contribution < 1.29 is 17.6 Å². The first kappa shape index (κ1) is 12.4. The number of rotatable bonds is 6. The van der Waals surface area contributed by atoms with Gasteiger partial charge in [-0.1, -0.05) is 5.57 Å². The molecule has 0 aliphatic heterocycles. The highest BCUT2D eigenvalue weighted by atomic mass is 19.3. The Bertz CT molecular complexity index is 168. The van der Waals surface area contributed by atoms with Crippen LogP contribution in [0.25, 0.3) is 0 Å². The van der Waals surface area contributed by atoms with Crippen LogP contribution in [-0.2, 0) is 0 Å². The SMILES string of the molecule is C=C(C)CCNCC(F)(F)C(F)F. The number of hydrogen-bond donors (Lipinski definition) is 1. The van der Waals surface area contributed by atoms with Gasteiger partial charge in [0.15, 0.2) is 0 Å². The van der Waals surface area contributed by atoms with Gasteiger partial charge in [0, 0.05) is 0 Å². The Balaban J connectivity index is 3.58. The third kappa shape index (κ3) is 5.63. The standard InChI is InChI=1S/C8H13F4N/c1-6(2)3-4-13-5-8(11,12)7(9)10/h7,13H,1,3-5H2,2H3. The van der Waals surface area contributed by atoms with Crippen LogP contribution < -0.4 is 5.32 Å². The van der Waals surface area contributed by atoms with Crippen LogP contribution in [0.1, 0.15) is 13.3 Å². The zero-order valence-electron chi connectivity index (χ0n) is 7.42. The molecule has 0 spiro atoms. The van der Waals surface area contributed by atoms with Crippen molar-refractivity contribution in [2.75, 3.05) is 13.1 Å². The van der Waals surface area contributed by atoms with Crippen molar-refractivity contribution in [2.45, 2.75) is 25.7 Å². The third-order valence-electron chi connectivity index (χ3n) is 1.41. The van der Waals surface area contributed by atoms with Gasteiger partial charge in [0.05, 0.1) is 6.54 Å². The van der Waals surface area contributed by atoms with Gasteiger partial charge in [-0.25, -0.2) is 8.78 Å². The van der Waals surface area contributed by atoms with Crippen molar-refractivity contribution in [1.29, 1.82) is 0 Å². The summed E-state index contributed by atoms with van der Waals surface area (Å²) in [5.74, 6) is -3.94. The summed E-state index contributed by atoms with van der Waals surface area (Å²) in [5, 5.41) is 2.25. The van der Waals surface area contributed by atoms with Crippen molar-refractivity contribution >= 4 is 0 Å². The minimum Gasteiger partial charge on any atom is -0.311 e. The maximum absolute atomic E-state index is 12.2. The first-order chi connectivity index (χ1) is 5.86. The van der Waals surface area contributed by atoms with Crippen LogP contribution in [0.3, 0.4) is 0 Å². The maximum atomic E-state index is 12.2. The maximum Gasteiger partial charge on any atom is 0.319 e. The molecule has 0 heterocycles. The lowest BCUT2D eigenvalue weighted by molar-refractivity contribution is -0.125. The smallest absolute Gasteiger partial charge is 0.311 e. The first-order valence-corrected chi connectivity index (χ1v) is 3.87. The van der Waals surface area contributed by atoms with Crippen molar-refractivity contribution in [3.63, 3.8) is 0 Å². The van der Waals surface area contributed by atoms with E-state index in [0.29, 0.717) is 6.42 Å². The average Bonchev–Trinajstić information content (AvgIpc) is 1.97. The molecule has 0 amide bonds. The molecule has 0 saturated carbocycles. The molecule has 13 heavy (non-hydrogen) atoms. The van der Waals surface area contributed by atoms with Gasteiger partial charge in [-0.15, -0.1) is 6.58 Å². The van der Waals surface area contributed by atoms with Gasteiger partial charge in [0.1, 0.15) is 0 Å². The molecule has 78 valence electrons. The van der Waals surface area contributed by atoms with Gasteiger partial charge in [0.25, 0.3) is 0 Å². The zero-order valence-corrected chi connectivity index (χ0v) is 7.42. The minimum atomic E-state index is -3.94. The van der Waals surface area contributed by atoms with Crippen LogP contribution in [0, 0.1) is 0 Å². The van der Waals surface area contributed by atoms with E-state index in [1.807, 2.05) is 0 Å². The lowest BCUT2D eigenvalue weighted by Gasteiger charge is -2.15. The quantitative estimate of drug-likeness (QED) is 0.393. The Morgan fingerprint density at radius 3 is 2.38 bits per heavy atom. The molecular weight excluding hydrogens is 186 g/mol.